The molecule has 0 heterocycles. The molecule has 0 spiro atoms. The minimum absolute atomic E-state index is 0.186. The Bertz CT molecular complexity index is 2350. The second-order valence-corrected chi connectivity index (χ2v) is 16.9. The molecule has 0 bridgehead atoms. The van der Waals surface area contributed by atoms with Gasteiger partial charge in [0.05, 0.1) is 19.3 Å². The van der Waals surface area contributed by atoms with Crippen LogP contribution in [0.5, 0.6) is 23.0 Å². The van der Waals surface area contributed by atoms with E-state index in [1.165, 1.54) is 5.01 Å². The quantitative estimate of drug-likeness (QED) is 0.0791. The van der Waals surface area contributed by atoms with Crippen LogP contribution in [-0.4, -0.2) is 46.4 Å². The fraction of sp³-hybridized carbons (Fsp3) is 0.292. The van der Waals surface area contributed by atoms with Crippen molar-refractivity contribution in [2.45, 2.75) is 76.3 Å². The van der Waals surface area contributed by atoms with E-state index >= 15 is 0 Å². The number of carbonyl (C=O) groups excluding carboxylic acids is 3. The molecule has 0 saturated heterocycles. The first-order valence-corrected chi connectivity index (χ1v) is 20.1. The summed E-state index contributed by atoms with van der Waals surface area (Å²) in [6.07, 6.45) is -0.966. The number of esters is 1. The number of hydrogen-bond acceptors (Lipinski definition) is 8. The van der Waals surface area contributed by atoms with Crippen molar-refractivity contribution < 1.29 is 33.3 Å². The molecule has 6 rings (SSSR count). The van der Waals surface area contributed by atoms with Gasteiger partial charge in [0.1, 0.15) is 38.8 Å². The number of para-hydroxylation sites is 1. The van der Waals surface area contributed by atoms with Crippen LogP contribution < -0.4 is 19.6 Å². The van der Waals surface area contributed by atoms with Gasteiger partial charge in [-0.3, -0.25) is 19.8 Å². The molecular weight excluding hydrogens is 801 g/mol. The van der Waals surface area contributed by atoms with Crippen LogP contribution in [0.25, 0.3) is 0 Å². The highest BCUT2D eigenvalue weighted by molar-refractivity contribution is 6.54. The fourth-order valence-corrected chi connectivity index (χ4v) is 7.45. The molecule has 1 aliphatic carbocycles. The number of nitrogens with one attached hydrogen (secondary N) is 1. The van der Waals surface area contributed by atoms with Crippen LogP contribution in [0, 0.1) is 32.1 Å². The smallest absolute Gasteiger partial charge is 0.321 e. The molecule has 10 nitrogen and oxygen atoms in total. The number of ether oxygens (including phenoxy) is 4. The van der Waals surface area contributed by atoms with Gasteiger partial charge in [-0.25, -0.2) is 5.01 Å². The van der Waals surface area contributed by atoms with Crippen molar-refractivity contribution in [2.24, 2.45) is 0 Å². The Hall–Kier alpha value is -6.02. The van der Waals surface area contributed by atoms with Crippen LogP contribution in [0.15, 0.2) is 115 Å². The summed E-state index contributed by atoms with van der Waals surface area (Å²) in [5.74, 6) is 1.23. The molecule has 2 amide bonds. The van der Waals surface area contributed by atoms with Gasteiger partial charge in [0.15, 0.2) is 0 Å². The molecule has 2 unspecified atom stereocenters. The minimum atomic E-state index is -1.32. The molecule has 1 N–H and O–H groups in total. The molecule has 1 aliphatic rings. The van der Waals surface area contributed by atoms with Crippen molar-refractivity contribution in [2.75, 3.05) is 13.7 Å². The molecule has 0 aliphatic heterocycles. The van der Waals surface area contributed by atoms with Gasteiger partial charge in [0.2, 0.25) is 6.10 Å². The summed E-state index contributed by atoms with van der Waals surface area (Å²) < 4.78 is 20.9. The molecular formula is C48H49Cl2N3O7. The summed E-state index contributed by atoms with van der Waals surface area (Å²) in [6.45, 7) is 13.8. The van der Waals surface area contributed by atoms with Gasteiger partial charge in [-0.2, -0.15) is 5.26 Å². The van der Waals surface area contributed by atoms with E-state index in [0.717, 1.165) is 16.7 Å². The van der Waals surface area contributed by atoms with Crippen LogP contribution in [-0.2, 0) is 14.9 Å². The number of nitrogens with zero attached hydrogens (tertiary/aromatic N) is 2. The topological polar surface area (TPSA) is 127 Å². The number of nitriles is 1. The normalized spacial score (nSPS) is 15.5. The van der Waals surface area contributed by atoms with Crippen molar-refractivity contribution in [3.8, 4) is 29.1 Å². The van der Waals surface area contributed by atoms with E-state index in [9.17, 15) is 19.6 Å². The lowest BCUT2D eigenvalue weighted by Gasteiger charge is -2.35. The average Bonchev–Trinajstić information content (AvgIpc) is 3.81. The van der Waals surface area contributed by atoms with E-state index in [1.54, 1.807) is 73.8 Å². The molecule has 5 aromatic carbocycles. The van der Waals surface area contributed by atoms with Crippen molar-refractivity contribution in [1.82, 2.24) is 10.4 Å². The summed E-state index contributed by atoms with van der Waals surface area (Å²) in [7, 11) is 1.56. The Kier molecular flexibility index (Phi) is 14.2. The van der Waals surface area contributed by atoms with Crippen molar-refractivity contribution in [3.05, 3.63) is 154 Å². The number of alkyl halides is 2. The molecule has 2 atom stereocenters. The number of halogens is 2. The lowest BCUT2D eigenvalue weighted by molar-refractivity contribution is -0.150. The highest BCUT2D eigenvalue weighted by Gasteiger charge is 2.73. The number of aryl methyl sites for hydroxylation is 2. The summed E-state index contributed by atoms with van der Waals surface area (Å²) in [5.41, 5.74) is 5.78. The maximum absolute atomic E-state index is 13.3. The number of carbonyl (C=O) groups is 3. The molecule has 1 fully saturated rings. The monoisotopic (exact) mass is 849 g/mol. The summed E-state index contributed by atoms with van der Waals surface area (Å²) in [6, 6.07) is 36.1. The van der Waals surface area contributed by atoms with Gasteiger partial charge < -0.3 is 18.9 Å². The number of hydrazine groups is 1. The minimum Gasteiger partial charge on any atom is -0.496 e. The van der Waals surface area contributed by atoms with E-state index in [4.69, 9.17) is 42.1 Å². The van der Waals surface area contributed by atoms with E-state index in [1.807, 2.05) is 103 Å². The van der Waals surface area contributed by atoms with Crippen LogP contribution in [0.1, 0.15) is 88.8 Å². The number of methoxy groups -OCH3 is 1. The lowest BCUT2D eigenvalue weighted by Crippen LogP contribution is -2.56. The lowest BCUT2D eigenvalue weighted by atomic mass is 9.95. The molecule has 5 aromatic rings. The third kappa shape index (κ3) is 10.4. The molecule has 0 aromatic heterocycles. The summed E-state index contributed by atoms with van der Waals surface area (Å²) >= 11 is 12.8. The Labute approximate surface area is 361 Å². The first-order chi connectivity index (χ1) is 28.4. The third-order valence-corrected chi connectivity index (χ3v) is 10.7. The zero-order chi connectivity index (χ0) is 43.8. The zero-order valence-electron chi connectivity index (χ0n) is 35.0. The van der Waals surface area contributed by atoms with Gasteiger partial charge in [-0.15, -0.1) is 0 Å². The second-order valence-electron chi connectivity index (χ2n) is 15.4. The first kappa shape index (κ1) is 45.1. The largest absolute Gasteiger partial charge is 0.496 e. The van der Waals surface area contributed by atoms with Gasteiger partial charge in [-0.1, -0.05) is 88.9 Å². The number of rotatable bonds is 11. The molecule has 60 heavy (non-hydrogen) atoms. The molecule has 12 heteroatoms. The Morgan fingerprint density at radius 2 is 1.45 bits per heavy atom. The Balaban J connectivity index is 0.000000233. The molecule has 312 valence electrons. The van der Waals surface area contributed by atoms with Gasteiger partial charge in [0, 0.05) is 28.7 Å². The number of hydrogen-bond donors (Lipinski definition) is 1. The Morgan fingerprint density at radius 1 is 0.833 bits per heavy atom. The highest BCUT2D eigenvalue weighted by Crippen LogP contribution is 2.65. The third-order valence-electron chi connectivity index (χ3n) is 9.78. The highest BCUT2D eigenvalue weighted by atomic mass is 35.5. The standard InChI is InChI=1S/C26H21Cl2NO4.C22H28N2O3/c1-2-31-20-13-11-19(12-14-20)25(17-26(25,27)28)24(30)33-23(16-29)18-7-6-10-22(15-18)32-21-8-4-3-5-9-21;1-14-11-15(2)13-17(12-14)21(26)24(22(4,5)6)23-20(25)18-9-8-10-19(27-7)16(18)3/h3-15,23H,2,17H2,1H3;8-13H,1-7H3,(H,23,25). The molecule has 0 radical (unpaired) electrons. The van der Waals surface area contributed by atoms with Crippen molar-refractivity contribution >= 4 is 41.0 Å². The summed E-state index contributed by atoms with van der Waals surface area (Å²) in [4.78, 5) is 39.3. The SMILES string of the molecule is CCOc1ccc(C2(C(=O)OC(C#N)c3cccc(Oc4ccccc4)c3)CC2(Cl)Cl)cc1.COc1cccc(C(=O)NN(C(=O)c2cc(C)cc(C)c2)C(C)(C)C)c1C. The number of amides is 2. The maximum atomic E-state index is 13.3. The van der Waals surface area contributed by atoms with Crippen molar-refractivity contribution in [3.63, 3.8) is 0 Å². The predicted molar refractivity (Wildman–Crippen MR) is 233 cm³/mol. The van der Waals surface area contributed by atoms with E-state index < -0.39 is 27.4 Å². The van der Waals surface area contributed by atoms with Crippen LogP contribution in [0.4, 0.5) is 0 Å². The van der Waals surface area contributed by atoms with E-state index in [2.05, 4.69) is 5.43 Å². The predicted octanol–water partition coefficient (Wildman–Crippen LogP) is 10.7. The number of benzene rings is 5. The summed E-state index contributed by atoms with van der Waals surface area (Å²) in [5, 5.41) is 11.1. The average molecular weight is 851 g/mol. The zero-order valence-corrected chi connectivity index (χ0v) is 36.5. The Morgan fingerprint density at radius 3 is 2.02 bits per heavy atom. The van der Waals surface area contributed by atoms with Crippen LogP contribution >= 0.6 is 23.2 Å². The molecule has 1 saturated carbocycles. The fourth-order valence-electron chi connectivity index (χ4n) is 6.68. The second kappa shape index (κ2) is 18.9. The van der Waals surface area contributed by atoms with Crippen LogP contribution in [0.3, 0.4) is 0 Å². The maximum Gasteiger partial charge on any atom is 0.321 e. The van der Waals surface area contributed by atoms with E-state index in [-0.39, 0.29) is 18.2 Å². The van der Waals surface area contributed by atoms with Gasteiger partial charge >= 0.3 is 5.97 Å². The first-order valence-electron chi connectivity index (χ1n) is 19.4. The van der Waals surface area contributed by atoms with Crippen molar-refractivity contribution in [1.29, 1.82) is 5.26 Å². The van der Waals surface area contributed by atoms with Gasteiger partial charge in [0.25, 0.3) is 11.8 Å². The van der Waals surface area contributed by atoms with Gasteiger partial charge in [-0.05, 0) is 115 Å². The van der Waals surface area contributed by atoms with Crippen LogP contribution in [0.2, 0.25) is 0 Å². The van der Waals surface area contributed by atoms with E-state index in [0.29, 0.717) is 51.9 Å².